The molecule has 9 nitrogen and oxygen atoms in total. The van der Waals surface area contributed by atoms with Gasteiger partial charge in [-0.2, -0.15) is 5.26 Å². The number of hydrogen-bond donors (Lipinski definition) is 3. The number of hydrogen-bond acceptors (Lipinski definition) is 6. The van der Waals surface area contributed by atoms with Gasteiger partial charge in [0.15, 0.2) is 16.6 Å². The van der Waals surface area contributed by atoms with Crippen LogP contribution in [0.5, 0.6) is 0 Å². The lowest BCUT2D eigenvalue weighted by atomic mass is 9.97. The average Bonchev–Trinajstić information content (AvgIpc) is 3.16. The van der Waals surface area contributed by atoms with E-state index in [-0.39, 0.29) is 11.5 Å². The van der Waals surface area contributed by atoms with Gasteiger partial charge < -0.3 is 23.8 Å². The fourth-order valence-corrected chi connectivity index (χ4v) is 18.6. The van der Waals surface area contributed by atoms with Crippen LogP contribution in [0, 0.1) is 11.3 Å². The van der Waals surface area contributed by atoms with Crippen LogP contribution in [0.25, 0.3) is 11.1 Å². The van der Waals surface area contributed by atoms with Crippen LogP contribution in [0.2, 0.25) is 51.9 Å². The molecule has 0 spiro atoms. The van der Waals surface area contributed by atoms with Crippen LogP contribution < -0.4 is 5.32 Å². The maximum absolute atomic E-state index is 12.8. The molecule has 0 aliphatic heterocycles. The molecule has 4 aromatic carbocycles. The third kappa shape index (κ3) is 16.4. The Morgan fingerprint density at radius 2 is 0.931 bits per heavy atom. The number of carboxylic acid groups (broad SMARTS) is 2. The molecule has 0 unspecified atom stereocenters. The number of aliphatic carboxylic acids is 2. The first-order valence-corrected chi connectivity index (χ1v) is 28.4. The molecule has 1 amide bonds. The normalized spacial score (nSPS) is 11.4. The summed E-state index contributed by atoms with van der Waals surface area (Å²) in [6.45, 7) is 15.7. The van der Waals surface area contributed by atoms with E-state index in [9.17, 15) is 19.6 Å². The molecule has 302 valence electrons. The Hall–Kier alpha value is -5.69. The maximum atomic E-state index is 12.8. The molecule has 0 aliphatic carbocycles. The Morgan fingerprint density at radius 1 is 0.586 bits per heavy atom. The summed E-state index contributed by atoms with van der Waals surface area (Å²) in [6, 6.07) is 41.5. The molecule has 12 heteroatoms. The van der Waals surface area contributed by atoms with Gasteiger partial charge in [-0.05, 0) is 104 Å². The number of carboxylic acids is 2. The monoisotopic (exact) mass is 830 g/mol. The SMILES string of the molecule is C[Si](C)(C)O[Si](C)(CCCNC(=O)C(C#N)=CC=C(c1ccccc1)c1ccccc1)O[Si](C)(C)C.O=C(O)C(=CC=C(c1ccccc1)c1ccccc1)C(=O)O. The molecule has 0 radical (unpaired) electrons. The Labute approximate surface area is 346 Å². The predicted molar refractivity (Wildman–Crippen MR) is 240 cm³/mol. The lowest BCUT2D eigenvalue weighted by molar-refractivity contribution is -0.140. The summed E-state index contributed by atoms with van der Waals surface area (Å²) in [6.07, 6.45) is 6.82. The van der Waals surface area contributed by atoms with Crippen molar-refractivity contribution in [2.45, 2.75) is 58.3 Å². The van der Waals surface area contributed by atoms with Gasteiger partial charge >= 0.3 is 20.5 Å². The molecule has 4 aromatic rings. The number of benzene rings is 4. The van der Waals surface area contributed by atoms with Gasteiger partial charge in [-0.15, -0.1) is 0 Å². The molecule has 0 saturated carbocycles. The van der Waals surface area contributed by atoms with Gasteiger partial charge in [0, 0.05) is 6.54 Å². The fraction of sp³-hybridized carbons (Fsp3) is 0.217. The summed E-state index contributed by atoms with van der Waals surface area (Å²) in [5.74, 6) is -3.30. The molecular weight excluding hydrogens is 777 g/mol. The highest BCUT2D eigenvalue weighted by Gasteiger charge is 2.39. The van der Waals surface area contributed by atoms with Crippen LogP contribution in [0.1, 0.15) is 28.7 Å². The molecule has 4 rings (SSSR count). The van der Waals surface area contributed by atoms with Crippen molar-refractivity contribution in [1.29, 1.82) is 5.26 Å². The van der Waals surface area contributed by atoms with Crippen LogP contribution in [-0.2, 0) is 22.6 Å². The molecule has 0 fully saturated rings. The summed E-state index contributed by atoms with van der Waals surface area (Å²) in [7, 11) is -5.88. The van der Waals surface area contributed by atoms with E-state index in [1.165, 1.54) is 6.08 Å². The average molecular weight is 831 g/mol. The lowest BCUT2D eigenvalue weighted by Gasteiger charge is -2.38. The van der Waals surface area contributed by atoms with E-state index in [1.54, 1.807) is 6.08 Å². The Balaban J connectivity index is 0.000000348. The maximum Gasteiger partial charge on any atom is 0.343 e. The van der Waals surface area contributed by atoms with Crippen molar-refractivity contribution in [3.63, 3.8) is 0 Å². The first-order chi connectivity index (χ1) is 27.4. The van der Waals surface area contributed by atoms with E-state index in [4.69, 9.17) is 18.4 Å². The zero-order valence-corrected chi connectivity index (χ0v) is 37.4. The van der Waals surface area contributed by atoms with Crippen LogP contribution >= 0.6 is 0 Å². The van der Waals surface area contributed by atoms with E-state index >= 15 is 0 Å². The Bertz CT molecular complexity index is 2020. The number of carbonyl (C=O) groups excluding carboxylic acids is 1. The van der Waals surface area contributed by atoms with Crippen molar-refractivity contribution in [3.8, 4) is 6.07 Å². The highest BCUT2D eigenvalue weighted by molar-refractivity contribution is 6.87. The van der Waals surface area contributed by atoms with Crippen molar-refractivity contribution >= 4 is 54.2 Å². The summed E-state index contributed by atoms with van der Waals surface area (Å²) >= 11 is 0. The summed E-state index contributed by atoms with van der Waals surface area (Å²) in [5, 5.41) is 30.4. The van der Waals surface area contributed by atoms with Gasteiger partial charge in [-0.25, -0.2) is 9.59 Å². The van der Waals surface area contributed by atoms with Gasteiger partial charge in [-0.3, -0.25) is 4.79 Å². The minimum atomic E-state index is -2.35. The van der Waals surface area contributed by atoms with E-state index < -0.39 is 42.7 Å². The second-order valence-electron chi connectivity index (χ2n) is 15.4. The number of carbonyl (C=O) groups is 3. The molecule has 3 N–H and O–H groups in total. The summed E-state index contributed by atoms with van der Waals surface area (Å²) < 4.78 is 13.1. The summed E-state index contributed by atoms with van der Waals surface area (Å²) in [5.41, 5.74) is 4.89. The van der Waals surface area contributed by atoms with Crippen molar-refractivity contribution in [1.82, 2.24) is 5.32 Å². The second-order valence-corrected chi connectivity index (χ2v) is 28.3. The number of nitrogens with zero attached hydrogens (tertiary/aromatic N) is 1. The minimum Gasteiger partial charge on any atom is -0.477 e. The largest absolute Gasteiger partial charge is 0.477 e. The highest BCUT2D eigenvalue weighted by atomic mass is 28.5. The van der Waals surface area contributed by atoms with E-state index in [0.717, 1.165) is 51.9 Å². The first kappa shape index (κ1) is 46.7. The van der Waals surface area contributed by atoms with Crippen molar-refractivity contribution < 1.29 is 32.8 Å². The number of allylic oxidation sites excluding steroid dienone is 4. The third-order valence-electron chi connectivity index (χ3n) is 8.14. The molecule has 58 heavy (non-hydrogen) atoms. The van der Waals surface area contributed by atoms with Crippen LogP contribution in [0.4, 0.5) is 0 Å². The van der Waals surface area contributed by atoms with E-state index in [0.29, 0.717) is 6.54 Å². The molecular formula is C46H54N2O7Si3. The summed E-state index contributed by atoms with van der Waals surface area (Å²) in [4.78, 5) is 34.7. The fourth-order valence-electron chi connectivity index (χ4n) is 6.05. The predicted octanol–water partition coefficient (Wildman–Crippen LogP) is 10.1. The van der Waals surface area contributed by atoms with Crippen LogP contribution in [0.15, 0.2) is 157 Å². The lowest BCUT2D eigenvalue weighted by Crippen LogP contribution is -2.52. The van der Waals surface area contributed by atoms with Crippen LogP contribution in [-0.4, -0.2) is 59.8 Å². The second kappa shape index (κ2) is 22.3. The molecule has 0 aliphatic rings. The van der Waals surface area contributed by atoms with Crippen molar-refractivity contribution in [3.05, 3.63) is 179 Å². The number of amides is 1. The molecule has 0 atom stereocenters. The van der Waals surface area contributed by atoms with E-state index in [2.05, 4.69) is 57.2 Å². The van der Waals surface area contributed by atoms with Crippen LogP contribution in [0.3, 0.4) is 0 Å². The molecule has 0 saturated heterocycles. The van der Waals surface area contributed by atoms with Gasteiger partial charge in [-0.1, -0.05) is 133 Å². The third-order valence-corrected chi connectivity index (χ3v) is 17.8. The van der Waals surface area contributed by atoms with E-state index in [1.807, 2.05) is 127 Å². The van der Waals surface area contributed by atoms with Crippen molar-refractivity contribution in [2.75, 3.05) is 6.54 Å². The van der Waals surface area contributed by atoms with Gasteiger partial charge in [0.25, 0.3) is 5.91 Å². The number of nitrogens with one attached hydrogen (secondary N) is 1. The van der Waals surface area contributed by atoms with Crippen molar-refractivity contribution in [2.24, 2.45) is 0 Å². The Kier molecular flexibility index (Phi) is 18.0. The topological polar surface area (TPSA) is 146 Å². The highest BCUT2D eigenvalue weighted by Crippen LogP contribution is 2.27. The molecule has 0 bridgehead atoms. The molecule has 0 aromatic heterocycles. The standard InChI is InChI=1S/C28H40N2O3Si3.C18H14O4/c1-34(2,3)32-36(7,33-35(4,5)6)22-14-21-30-28(31)26(23-29)19-20-27(24-15-10-8-11-16-24)25-17-12-9-13-18-25;19-17(20)16(18(21)22)12-11-15(13-7-3-1-4-8-13)14-9-5-2-6-10-14/h8-13,15-20H,14,21-22H2,1-7H3,(H,30,31);1-12H,(H,19,20)(H,21,22). The smallest absolute Gasteiger partial charge is 0.343 e. The minimum absolute atomic E-state index is 0.0797. The number of nitriles is 1. The first-order valence-electron chi connectivity index (χ1n) is 19.0. The Morgan fingerprint density at radius 3 is 1.24 bits per heavy atom. The quantitative estimate of drug-likeness (QED) is 0.0181. The van der Waals surface area contributed by atoms with Gasteiger partial charge in [0.1, 0.15) is 17.2 Å². The number of rotatable bonds is 17. The zero-order chi connectivity index (χ0) is 42.8. The van der Waals surface area contributed by atoms with Gasteiger partial charge in [0.2, 0.25) is 0 Å². The molecule has 0 heterocycles. The van der Waals surface area contributed by atoms with Gasteiger partial charge in [0.05, 0.1) is 0 Å². The zero-order valence-electron chi connectivity index (χ0n) is 34.4.